The van der Waals surface area contributed by atoms with Crippen LogP contribution in [-0.4, -0.2) is 23.2 Å². The summed E-state index contributed by atoms with van der Waals surface area (Å²) in [6.45, 7) is 3.47. The molecule has 0 bridgehead atoms. The lowest BCUT2D eigenvalue weighted by molar-refractivity contribution is 0.0902. The molecule has 0 unspecified atom stereocenters. The number of hydrazone groups is 2. The molecule has 0 aliphatic carbocycles. The fourth-order valence-electron chi connectivity index (χ4n) is 2.62. The van der Waals surface area contributed by atoms with Crippen LogP contribution in [0.1, 0.15) is 46.1 Å². The van der Waals surface area contributed by atoms with Crippen molar-refractivity contribution in [2.75, 3.05) is 11.5 Å². The highest BCUT2D eigenvalue weighted by Crippen LogP contribution is 2.10. The van der Waals surface area contributed by atoms with Crippen LogP contribution in [0.25, 0.3) is 0 Å². The number of benzene rings is 2. The van der Waals surface area contributed by atoms with Gasteiger partial charge in [0.05, 0.1) is 11.4 Å². The molecule has 0 atom stereocenters. The third-order valence-corrected chi connectivity index (χ3v) is 4.31. The van der Waals surface area contributed by atoms with Crippen LogP contribution < -0.4 is 22.3 Å². The predicted molar refractivity (Wildman–Crippen MR) is 120 cm³/mol. The maximum atomic E-state index is 12.3. The van der Waals surface area contributed by atoms with Crippen molar-refractivity contribution in [2.24, 2.45) is 10.2 Å². The standard InChI is InChI=1S/C22H22N6O3/c1-13(15-5-3-7-17(23)11-15)25-27-21(29)19-9-10-20(31-19)22(30)28-26-14(2)16-6-4-8-18(24)12-16/h3-12H,23-24H2,1-2H3,(H,27,29)(H,28,30). The predicted octanol–water partition coefficient (Wildman–Crippen LogP) is 2.75. The molecule has 3 rings (SSSR count). The Morgan fingerprint density at radius 3 is 1.55 bits per heavy atom. The average molecular weight is 418 g/mol. The van der Waals surface area contributed by atoms with E-state index < -0.39 is 11.8 Å². The number of hydrogen-bond acceptors (Lipinski definition) is 7. The van der Waals surface area contributed by atoms with Crippen LogP contribution in [0.2, 0.25) is 0 Å². The van der Waals surface area contributed by atoms with Gasteiger partial charge in [-0.05, 0) is 61.4 Å². The van der Waals surface area contributed by atoms with Gasteiger partial charge in [-0.1, -0.05) is 24.3 Å². The topological polar surface area (TPSA) is 148 Å². The van der Waals surface area contributed by atoms with Crippen LogP contribution in [0.4, 0.5) is 11.4 Å². The number of nitrogens with one attached hydrogen (secondary N) is 2. The summed E-state index contributed by atoms with van der Waals surface area (Å²) in [4.78, 5) is 24.5. The number of amides is 2. The number of furan rings is 1. The lowest BCUT2D eigenvalue weighted by Crippen LogP contribution is -2.20. The van der Waals surface area contributed by atoms with E-state index in [1.807, 2.05) is 12.1 Å². The summed E-state index contributed by atoms with van der Waals surface area (Å²) in [5, 5.41) is 8.07. The maximum Gasteiger partial charge on any atom is 0.307 e. The van der Waals surface area contributed by atoms with E-state index in [4.69, 9.17) is 15.9 Å². The molecule has 1 aromatic heterocycles. The summed E-state index contributed by atoms with van der Waals surface area (Å²) in [6.07, 6.45) is 0. The Morgan fingerprint density at radius 2 is 1.16 bits per heavy atom. The second kappa shape index (κ2) is 9.40. The Bertz CT molecular complexity index is 1090. The first kappa shape index (κ1) is 21.3. The molecule has 2 aromatic carbocycles. The van der Waals surface area contributed by atoms with Crippen LogP contribution in [-0.2, 0) is 0 Å². The van der Waals surface area contributed by atoms with Gasteiger partial charge in [0.15, 0.2) is 11.5 Å². The lowest BCUT2D eigenvalue weighted by atomic mass is 10.1. The smallest absolute Gasteiger partial charge is 0.307 e. The summed E-state index contributed by atoms with van der Waals surface area (Å²) in [6, 6.07) is 17.0. The number of nitrogen functional groups attached to an aromatic ring is 2. The fraction of sp³-hybridized carbons (Fsp3) is 0.0909. The zero-order valence-electron chi connectivity index (χ0n) is 17.0. The number of hydrogen-bond donors (Lipinski definition) is 4. The number of rotatable bonds is 6. The molecule has 9 nitrogen and oxygen atoms in total. The molecule has 31 heavy (non-hydrogen) atoms. The zero-order chi connectivity index (χ0) is 22.4. The summed E-state index contributed by atoms with van der Waals surface area (Å²) in [7, 11) is 0. The van der Waals surface area contributed by atoms with Gasteiger partial charge in [0.25, 0.3) is 0 Å². The van der Waals surface area contributed by atoms with Crippen molar-refractivity contribution < 1.29 is 14.0 Å². The van der Waals surface area contributed by atoms with Gasteiger partial charge in [0, 0.05) is 11.4 Å². The highest BCUT2D eigenvalue weighted by molar-refractivity contribution is 6.02. The Labute approximate surface area is 178 Å². The van der Waals surface area contributed by atoms with E-state index in [9.17, 15) is 9.59 Å². The Balaban J connectivity index is 1.62. The van der Waals surface area contributed by atoms with Gasteiger partial charge in [-0.2, -0.15) is 10.2 Å². The van der Waals surface area contributed by atoms with E-state index in [-0.39, 0.29) is 11.5 Å². The van der Waals surface area contributed by atoms with Crippen molar-refractivity contribution >= 4 is 34.6 Å². The highest BCUT2D eigenvalue weighted by atomic mass is 16.4. The molecular formula is C22H22N6O3. The van der Waals surface area contributed by atoms with Gasteiger partial charge in [-0.3, -0.25) is 9.59 Å². The summed E-state index contributed by atoms with van der Waals surface area (Å²) in [5.41, 5.74) is 20.1. The molecule has 1 heterocycles. The third kappa shape index (κ3) is 5.57. The molecule has 3 aromatic rings. The molecule has 6 N–H and O–H groups in total. The highest BCUT2D eigenvalue weighted by Gasteiger charge is 2.15. The molecule has 0 saturated heterocycles. The molecular weight excluding hydrogens is 396 g/mol. The van der Waals surface area contributed by atoms with E-state index in [1.165, 1.54) is 12.1 Å². The summed E-state index contributed by atoms with van der Waals surface area (Å²) in [5.74, 6) is -1.32. The van der Waals surface area contributed by atoms with Crippen LogP contribution in [0, 0.1) is 0 Å². The minimum Gasteiger partial charge on any atom is -0.446 e. The van der Waals surface area contributed by atoms with E-state index >= 15 is 0 Å². The third-order valence-electron chi connectivity index (χ3n) is 4.31. The van der Waals surface area contributed by atoms with E-state index in [0.29, 0.717) is 22.8 Å². The van der Waals surface area contributed by atoms with Gasteiger partial charge >= 0.3 is 11.8 Å². The molecule has 0 aliphatic heterocycles. The summed E-state index contributed by atoms with van der Waals surface area (Å²) >= 11 is 0. The van der Waals surface area contributed by atoms with Gasteiger partial charge < -0.3 is 15.9 Å². The first-order chi connectivity index (χ1) is 14.8. The van der Waals surface area contributed by atoms with Crippen LogP contribution in [0.15, 0.2) is 75.3 Å². The van der Waals surface area contributed by atoms with Crippen LogP contribution >= 0.6 is 0 Å². The maximum absolute atomic E-state index is 12.3. The van der Waals surface area contributed by atoms with Gasteiger partial charge in [-0.25, -0.2) is 10.9 Å². The zero-order valence-corrected chi connectivity index (χ0v) is 17.0. The largest absolute Gasteiger partial charge is 0.446 e. The molecule has 0 radical (unpaired) electrons. The normalized spacial score (nSPS) is 11.8. The van der Waals surface area contributed by atoms with E-state index in [0.717, 1.165) is 11.1 Å². The van der Waals surface area contributed by atoms with Crippen LogP contribution in [0.3, 0.4) is 0 Å². The van der Waals surface area contributed by atoms with E-state index in [2.05, 4.69) is 21.1 Å². The van der Waals surface area contributed by atoms with Gasteiger partial charge in [0.1, 0.15) is 0 Å². The van der Waals surface area contributed by atoms with Gasteiger partial charge in [0.2, 0.25) is 0 Å². The Kier molecular flexibility index (Phi) is 6.46. The van der Waals surface area contributed by atoms with E-state index in [1.54, 1.807) is 50.2 Å². The number of carbonyl (C=O) groups is 2. The summed E-state index contributed by atoms with van der Waals surface area (Å²) < 4.78 is 5.32. The first-order valence-corrected chi connectivity index (χ1v) is 9.34. The second-order valence-corrected chi connectivity index (χ2v) is 6.69. The number of anilines is 2. The average Bonchev–Trinajstić information content (AvgIpc) is 3.26. The van der Waals surface area contributed by atoms with Crippen molar-refractivity contribution in [1.29, 1.82) is 0 Å². The molecule has 0 aliphatic rings. The minimum absolute atomic E-state index is 0.0641. The van der Waals surface area contributed by atoms with Crippen molar-refractivity contribution in [1.82, 2.24) is 10.9 Å². The number of nitrogens with zero attached hydrogens (tertiary/aromatic N) is 2. The Hall–Kier alpha value is -4.40. The van der Waals surface area contributed by atoms with Crippen molar-refractivity contribution in [3.63, 3.8) is 0 Å². The van der Waals surface area contributed by atoms with Crippen molar-refractivity contribution in [2.45, 2.75) is 13.8 Å². The Morgan fingerprint density at radius 1 is 0.742 bits per heavy atom. The number of nitrogens with two attached hydrogens (primary N) is 2. The molecule has 9 heteroatoms. The van der Waals surface area contributed by atoms with Crippen molar-refractivity contribution in [3.8, 4) is 0 Å². The monoisotopic (exact) mass is 418 g/mol. The molecule has 0 spiro atoms. The SMILES string of the molecule is CC(=NNC(=O)c1ccc(C(=O)NN=C(C)c2cccc(N)c2)o1)c1cccc(N)c1. The minimum atomic E-state index is -0.596. The second-order valence-electron chi connectivity index (χ2n) is 6.69. The quantitative estimate of drug-likeness (QED) is 0.276. The molecule has 158 valence electrons. The van der Waals surface area contributed by atoms with Gasteiger partial charge in [-0.15, -0.1) is 0 Å². The molecule has 2 amide bonds. The number of carbonyl (C=O) groups excluding carboxylic acids is 2. The van der Waals surface area contributed by atoms with Crippen molar-refractivity contribution in [3.05, 3.63) is 83.3 Å². The first-order valence-electron chi connectivity index (χ1n) is 9.34. The molecule has 0 saturated carbocycles. The lowest BCUT2D eigenvalue weighted by Gasteiger charge is -2.03. The van der Waals surface area contributed by atoms with Crippen LogP contribution in [0.5, 0.6) is 0 Å². The fourth-order valence-corrected chi connectivity index (χ4v) is 2.62. The molecule has 0 fully saturated rings.